The maximum absolute atomic E-state index is 12.9. The fourth-order valence-corrected chi connectivity index (χ4v) is 6.16. The molecule has 140 valence electrons. The van der Waals surface area contributed by atoms with Crippen molar-refractivity contribution >= 4 is 11.9 Å². The number of fused-ring (bicyclic) bond motifs is 1. The molecule has 8 heteroatoms. The van der Waals surface area contributed by atoms with E-state index in [4.69, 9.17) is 5.21 Å². The van der Waals surface area contributed by atoms with Gasteiger partial charge in [-0.2, -0.15) is 0 Å². The van der Waals surface area contributed by atoms with Crippen LogP contribution in [0.5, 0.6) is 0 Å². The minimum atomic E-state index is -0.628. The third-order valence-electron chi connectivity index (χ3n) is 6.83. The van der Waals surface area contributed by atoms with Crippen molar-refractivity contribution in [1.82, 2.24) is 25.2 Å². The van der Waals surface area contributed by atoms with E-state index < -0.39 is 5.91 Å². The molecule has 0 saturated heterocycles. The van der Waals surface area contributed by atoms with Crippen molar-refractivity contribution in [3.05, 3.63) is 17.7 Å². The summed E-state index contributed by atoms with van der Waals surface area (Å²) in [5.74, 6) is 2.43. The number of hydrogen-bond donors (Lipinski definition) is 3. The van der Waals surface area contributed by atoms with Crippen LogP contribution in [0, 0.1) is 17.8 Å². The van der Waals surface area contributed by atoms with E-state index in [1.54, 1.807) is 16.6 Å². The van der Waals surface area contributed by atoms with Crippen molar-refractivity contribution in [1.29, 1.82) is 0 Å². The summed E-state index contributed by atoms with van der Waals surface area (Å²) in [4.78, 5) is 30.5. The lowest BCUT2D eigenvalue weighted by Crippen LogP contribution is -2.62. The maximum atomic E-state index is 12.9. The van der Waals surface area contributed by atoms with E-state index in [9.17, 15) is 9.59 Å². The molecule has 0 unspecified atom stereocenters. The van der Waals surface area contributed by atoms with Crippen LogP contribution >= 0.6 is 0 Å². The van der Waals surface area contributed by atoms with E-state index in [2.05, 4.69) is 10.3 Å². The number of rotatable bonds is 2. The first kappa shape index (κ1) is 16.1. The Bertz CT molecular complexity index is 723. The number of imidazole rings is 1. The zero-order chi connectivity index (χ0) is 17.9. The highest BCUT2D eigenvalue weighted by atomic mass is 16.5. The van der Waals surface area contributed by atoms with Gasteiger partial charge in [-0.15, -0.1) is 0 Å². The molecule has 0 radical (unpaired) electrons. The van der Waals surface area contributed by atoms with Crippen molar-refractivity contribution in [3.8, 4) is 0 Å². The summed E-state index contributed by atoms with van der Waals surface area (Å²) in [5.41, 5.74) is 1.77. The molecule has 6 rings (SSSR count). The molecule has 4 saturated carbocycles. The smallest absolute Gasteiger partial charge is 0.318 e. The number of amides is 3. The van der Waals surface area contributed by atoms with Gasteiger partial charge in [-0.25, -0.2) is 15.3 Å². The standard InChI is InChI=1S/C18H25N5O3/c24-16(21-26)14-9-22-1-2-23(10-15(22)19-14)17(25)20-18-6-11-3-12(7-18)5-13(4-11)8-18/h9,11-13,26H,1-8,10H2,(H,20,25)(H,21,24). The van der Waals surface area contributed by atoms with Crippen LogP contribution in [0.3, 0.4) is 0 Å². The van der Waals surface area contributed by atoms with Crippen LogP contribution in [0.15, 0.2) is 6.20 Å². The van der Waals surface area contributed by atoms with Crippen molar-refractivity contribution < 1.29 is 14.8 Å². The van der Waals surface area contributed by atoms with E-state index in [0.29, 0.717) is 25.5 Å². The van der Waals surface area contributed by atoms with E-state index >= 15 is 0 Å². The summed E-state index contributed by atoms with van der Waals surface area (Å²) in [7, 11) is 0. The second-order valence-corrected chi connectivity index (χ2v) is 8.73. The Morgan fingerprint density at radius 3 is 2.38 bits per heavy atom. The van der Waals surface area contributed by atoms with Gasteiger partial charge in [0.1, 0.15) is 11.5 Å². The van der Waals surface area contributed by atoms with Crippen molar-refractivity contribution in [2.45, 2.75) is 57.2 Å². The van der Waals surface area contributed by atoms with Crippen LogP contribution in [0.2, 0.25) is 0 Å². The number of hydrogen-bond acceptors (Lipinski definition) is 4. The highest BCUT2D eigenvalue weighted by Gasteiger charge is 2.51. The van der Waals surface area contributed by atoms with Gasteiger partial charge in [0.15, 0.2) is 0 Å². The molecule has 4 fully saturated rings. The summed E-state index contributed by atoms with van der Waals surface area (Å²) in [6.07, 6.45) is 9.08. The third kappa shape index (κ3) is 2.58. The molecule has 0 spiro atoms. The molecule has 3 N–H and O–H groups in total. The summed E-state index contributed by atoms with van der Waals surface area (Å²) in [5, 5.41) is 12.2. The van der Waals surface area contributed by atoms with Gasteiger partial charge in [0, 0.05) is 24.8 Å². The van der Waals surface area contributed by atoms with Crippen molar-refractivity contribution in [2.24, 2.45) is 17.8 Å². The minimum absolute atomic E-state index is 0.000633. The summed E-state index contributed by atoms with van der Waals surface area (Å²) < 4.78 is 1.87. The van der Waals surface area contributed by atoms with E-state index in [-0.39, 0.29) is 17.3 Å². The Morgan fingerprint density at radius 2 is 1.77 bits per heavy atom. The largest absolute Gasteiger partial charge is 0.333 e. The van der Waals surface area contributed by atoms with Gasteiger partial charge in [0.05, 0.1) is 6.54 Å². The molecular formula is C18H25N5O3. The van der Waals surface area contributed by atoms with Gasteiger partial charge in [-0.05, 0) is 56.3 Å². The number of hydroxylamine groups is 1. The van der Waals surface area contributed by atoms with Crippen LogP contribution in [0.25, 0.3) is 0 Å². The number of urea groups is 1. The Balaban J connectivity index is 1.28. The van der Waals surface area contributed by atoms with Gasteiger partial charge in [-0.1, -0.05) is 0 Å². The Kier molecular flexibility index (Phi) is 3.53. The predicted molar refractivity (Wildman–Crippen MR) is 91.3 cm³/mol. The molecule has 0 atom stereocenters. The highest BCUT2D eigenvalue weighted by molar-refractivity contribution is 5.91. The van der Waals surface area contributed by atoms with E-state index in [1.165, 1.54) is 19.3 Å². The number of carbonyl (C=O) groups is 2. The number of nitrogens with one attached hydrogen (secondary N) is 2. The Labute approximate surface area is 151 Å². The first-order valence-corrected chi connectivity index (χ1v) is 9.61. The highest BCUT2D eigenvalue weighted by Crippen LogP contribution is 2.55. The average Bonchev–Trinajstić information content (AvgIpc) is 3.02. The lowest BCUT2D eigenvalue weighted by Gasteiger charge is -2.57. The molecule has 8 nitrogen and oxygen atoms in total. The third-order valence-corrected chi connectivity index (χ3v) is 6.83. The van der Waals surface area contributed by atoms with Crippen LogP contribution in [0.4, 0.5) is 4.79 Å². The second kappa shape index (κ2) is 5.70. The van der Waals surface area contributed by atoms with Crippen molar-refractivity contribution in [3.63, 3.8) is 0 Å². The summed E-state index contributed by atoms with van der Waals surface area (Å²) in [6.45, 7) is 1.59. The Morgan fingerprint density at radius 1 is 1.12 bits per heavy atom. The van der Waals surface area contributed by atoms with Crippen LogP contribution in [-0.4, -0.2) is 43.7 Å². The molecule has 26 heavy (non-hydrogen) atoms. The molecule has 4 aliphatic carbocycles. The molecule has 4 bridgehead atoms. The lowest BCUT2D eigenvalue weighted by atomic mass is 9.53. The van der Waals surface area contributed by atoms with Gasteiger partial charge in [0.2, 0.25) is 0 Å². The van der Waals surface area contributed by atoms with Gasteiger partial charge >= 0.3 is 6.03 Å². The molecule has 1 aromatic heterocycles. The first-order chi connectivity index (χ1) is 12.5. The van der Waals surface area contributed by atoms with Crippen LogP contribution in [-0.2, 0) is 13.1 Å². The SMILES string of the molecule is O=C(NO)c1cn2c(n1)CN(C(=O)NC13CC4CC(CC(C4)C1)C3)CC2. The number of nitrogens with zero attached hydrogens (tertiary/aromatic N) is 3. The molecule has 3 amide bonds. The molecule has 1 aliphatic heterocycles. The molecule has 1 aromatic rings. The van der Waals surface area contributed by atoms with Crippen LogP contribution in [0.1, 0.15) is 54.8 Å². The second-order valence-electron chi connectivity index (χ2n) is 8.73. The molecule has 0 aromatic carbocycles. The van der Waals surface area contributed by atoms with Crippen LogP contribution < -0.4 is 10.8 Å². The number of carbonyl (C=O) groups excluding carboxylic acids is 2. The van der Waals surface area contributed by atoms with Crippen molar-refractivity contribution in [2.75, 3.05) is 6.54 Å². The van der Waals surface area contributed by atoms with Gasteiger partial charge < -0.3 is 14.8 Å². The zero-order valence-electron chi connectivity index (χ0n) is 14.8. The summed E-state index contributed by atoms with van der Waals surface area (Å²) >= 11 is 0. The fourth-order valence-electron chi connectivity index (χ4n) is 6.16. The molecule has 2 heterocycles. The van der Waals surface area contributed by atoms with Gasteiger partial charge in [-0.3, -0.25) is 10.0 Å². The zero-order valence-corrected chi connectivity index (χ0v) is 14.8. The summed E-state index contributed by atoms with van der Waals surface area (Å²) in [6, 6.07) is -0.00522. The molecule has 5 aliphatic rings. The average molecular weight is 359 g/mol. The lowest BCUT2D eigenvalue weighted by molar-refractivity contribution is -0.0161. The van der Waals surface area contributed by atoms with E-state index in [0.717, 1.165) is 37.0 Å². The normalized spacial score (nSPS) is 34.5. The monoisotopic (exact) mass is 359 g/mol. The number of aromatic nitrogens is 2. The quantitative estimate of drug-likeness (QED) is 0.550. The first-order valence-electron chi connectivity index (χ1n) is 9.61. The maximum Gasteiger partial charge on any atom is 0.318 e. The Hall–Kier alpha value is -2.09. The van der Waals surface area contributed by atoms with Gasteiger partial charge in [0.25, 0.3) is 5.91 Å². The minimum Gasteiger partial charge on any atom is -0.333 e. The topological polar surface area (TPSA) is 99.5 Å². The fraction of sp³-hybridized carbons (Fsp3) is 0.722. The predicted octanol–water partition coefficient (Wildman–Crippen LogP) is 1.50. The molecular weight excluding hydrogens is 334 g/mol. The van der Waals surface area contributed by atoms with E-state index in [1.807, 2.05) is 4.57 Å².